The van der Waals surface area contributed by atoms with Gasteiger partial charge in [0.2, 0.25) is 0 Å². The van der Waals surface area contributed by atoms with Crippen LogP contribution in [0.4, 0.5) is 13.2 Å². The van der Waals surface area contributed by atoms with E-state index >= 15 is 0 Å². The van der Waals surface area contributed by atoms with E-state index in [1.165, 1.54) is 42.5 Å². The predicted octanol–water partition coefficient (Wildman–Crippen LogP) is 11.3. The number of rotatable bonds is 18. The third kappa shape index (κ3) is 16.0. The molecule has 0 amide bonds. The van der Waals surface area contributed by atoms with E-state index in [4.69, 9.17) is 15.1 Å². The van der Waals surface area contributed by atoms with Crippen LogP contribution < -0.4 is 9.84 Å². The fourth-order valence-corrected chi connectivity index (χ4v) is 7.20. The summed E-state index contributed by atoms with van der Waals surface area (Å²) in [6.45, 7) is 3.22. The average Bonchev–Trinajstić information content (AvgIpc) is 4.03. The van der Waals surface area contributed by atoms with E-state index in [1.807, 2.05) is 24.3 Å². The van der Waals surface area contributed by atoms with Gasteiger partial charge in [0.1, 0.15) is 11.4 Å². The minimum atomic E-state index is -4.50. The number of thiophene rings is 1. The molecule has 0 radical (unpaired) electrons. The number of pyridine rings is 4. The number of ether oxygens (including phenoxy) is 3. The van der Waals surface area contributed by atoms with Gasteiger partial charge in [-0.3, -0.25) is 29.3 Å². The molecular weight excluding hydrogens is 993 g/mol. The first-order valence-corrected chi connectivity index (χ1v) is 21.2. The van der Waals surface area contributed by atoms with Gasteiger partial charge >= 0.3 is 25.7 Å². The first kappa shape index (κ1) is 52.5. The number of thiocarbonyl (C=S) groups is 1. The van der Waals surface area contributed by atoms with Gasteiger partial charge in [0, 0.05) is 23.5 Å². The molecule has 7 aromatic rings. The zero-order chi connectivity index (χ0) is 47.2. The predicted molar refractivity (Wildman–Crippen MR) is 248 cm³/mol. The van der Waals surface area contributed by atoms with E-state index in [9.17, 15) is 27.6 Å². The van der Waals surface area contributed by atoms with E-state index in [2.05, 4.69) is 65.2 Å². The number of isothiocyanates is 1. The zero-order valence-corrected chi connectivity index (χ0v) is 38.7. The molecule has 0 spiro atoms. The molecule has 0 unspecified atom stereocenters. The van der Waals surface area contributed by atoms with E-state index in [0.717, 1.165) is 51.6 Å². The summed E-state index contributed by atoms with van der Waals surface area (Å²) in [5.41, 5.74) is 7.12. The van der Waals surface area contributed by atoms with Crippen molar-refractivity contribution in [3.05, 3.63) is 149 Å². The number of hydrogen-bond donors (Lipinski definition) is 0. The van der Waals surface area contributed by atoms with Crippen molar-refractivity contribution in [3.63, 3.8) is 0 Å². The summed E-state index contributed by atoms with van der Waals surface area (Å²) in [6.07, 6.45) is 11.9. The molecule has 0 fully saturated rings. The summed E-state index contributed by atoms with van der Waals surface area (Å²) in [4.78, 5) is 50.7. The fraction of sp³-hybridized carbons (Fsp3) is 0.146. The Bertz CT molecular complexity index is 2730. The zero-order valence-electron chi connectivity index (χ0n) is 35.4. The SMILES string of the molecule is CCCCCCc1ccsc1-c1ccnc(-c2cc(C(F)(F)F)n[n-]2)c1.O=CO/C=C/c1ccnc(-c2cc(-c3cccc(OC=O)c3)cc(-c3cc(/C=C/OC=O)ccn3)n2)c1.[N-]=C=S.[Ru+2]. The summed E-state index contributed by atoms with van der Waals surface area (Å²) in [5.74, 6) is 0.397. The van der Waals surface area contributed by atoms with Crippen molar-refractivity contribution < 1.29 is 61.2 Å². The number of carbonyl (C=O) groups excluding carboxylic acids is 3. The first-order chi connectivity index (χ1) is 32.1. The second kappa shape index (κ2) is 27.3. The minimum absolute atomic E-state index is 0. The Labute approximate surface area is 405 Å². The number of benzene rings is 1. The topological polar surface area (TPSA) is 180 Å². The van der Waals surface area contributed by atoms with Crippen LogP contribution in [-0.4, -0.2) is 49.6 Å². The third-order valence-corrected chi connectivity index (χ3v) is 10.2. The van der Waals surface area contributed by atoms with Gasteiger partial charge < -0.3 is 29.8 Å². The van der Waals surface area contributed by atoms with Crippen molar-refractivity contribution in [3.8, 4) is 61.5 Å². The van der Waals surface area contributed by atoms with Gasteiger partial charge in [0.15, 0.2) is 0 Å². The minimum Gasteiger partial charge on any atom is -0.753 e. The van der Waals surface area contributed by atoms with Crippen LogP contribution in [0.3, 0.4) is 0 Å². The molecule has 342 valence electrons. The van der Waals surface area contributed by atoms with Crippen LogP contribution in [0.25, 0.3) is 73.3 Å². The van der Waals surface area contributed by atoms with Gasteiger partial charge in [-0.05, 0) is 137 Å². The number of halogens is 3. The van der Waals surface area contributed by atoms with Gasteiger partial charge in [0.05, 0.1) is 41.0 Å². The molecular formula is C48H38F3N7O6RuS2. The molecule has 6 aromatic heterocycles. The second-order valence-corrected chi connectivity index (χ2v) is 14.7. The largest absolute Gasteiger partial charge is 2.00 e. The van der Waals surface area contributed by atoms with Crippen molar-refractivity contribution in [1.29, 1.82) is 0 Å². The van der Waals surface area contributed by atoms with Crippen LogP contribution in [0, 0.1) is 0 Å². The van der Waals surface area contributed by atoms with E-state index < -0.39 is 11.9 Å². The molecule has 0 bridgehead atoms. The molecule has 1 aromatic carbocycles. The van der Waals surface area contributed by atoms with Crippen LogP contribution in [0.2, 0.25) is 0 Å². The molecule has 0 saturated heterocycles. The maximum Gasteiger partial charge on any atom is 2.00 e. The maximum atomic E-state index is 12.7. The molecule has 7 rings (SSSR count). The molecule has 67 heavy (non-hydrogen) atoms. The Morgan fingerprint density at radius 2 is 1.34 bits per heavy atom. The van der Waals surface area contributed by atoms with Gasteiger partial charge in [-0.1, -0.05) is 56.2 Å². The second-order valence-electron chi connectivity index (χ2n) is 13.6. The fourth-order valence-electron chi connectivity index (χ4n) is 6.24. The van der Waals surface area contributed by atoms with Gasteiger partial charge in [-0.25, -0.2) is 4.98 Å². The van der Waals surface area contributed by atoms with E-state index in [1.54, 1.807) is 90.6 Å². The Kier molecular flexibility index (Phi) is 21.4. The van der Waals surface area contributed by atoms with E-state index in [0.29, 0.717) is 53.6 Å². The summed E-state index contributed by atoms with van der Waals surface area (Å²) >= 11 is 5.34. The number of unbranched alkanes of at least 4 members (excludes halogenated alkanes) is 3. The number of hydrogen-bond acceptors (Lipinski definition) is 13. The Morgan fingerprint density at radius 1 is 0.731 bits per heavy atom. The molecule has 0 aliphatic rings. The van der Waals surface area contributed by atoms with Crippen LogP contribution in [0.15, 0.2) is 121 Å². The Balaban J connectivity index is 0.000000287. The molecule has 0 aliphatic heterocycles. The van der Waals surface area contributed by atoms with Crippen molar-refractivity contribution >= 4 is 60.3 Å². The maximum absolute atomic E-state index is 12.7. The number of aryl methyl sites for hydroxylation is 1. The molecule has 0 N–H and O–H groups in total. The molecule has 19 heteroatoms. The smallest absolute Gasteiger partial charge is 0.753 e. The first-order valence-electron chi connectivity index (χ1n) is 19.9. The molecule has 0 atom stereocenters. The third-order valence-electron chi connectivity index (χ3n) is 9.22. The summed E-state index contributed by atoms with van der Waals surface area (Å²) in [6, 6.07) is 24.7. The Hall–Kier alpha value is -7.17. The van der Waals surface area contributed by atoms with E-state index in [-0.39, 0.29) is 25.2 Å². The number of carbonyl (C=O) groups is 3. The monoisotopic (exact) mass is 1030 g/mol. The summed E-state index contributed by atoms with van der Waals surface area (Å²) in [5, 5.41) is 17.4. The number of nitrogens with zero attached hydrogens (tertiary/aromatic N) is 7. The van der Waals surface area contributed by atoms with Crippen molar-refractivity contribution in [1.82, 2.24) is 30.1 Å². The summed E-state index contributed by atoms with van der Waals surface area (Å²) in [7, 11) is 0. The summed E-state index contributed by atoms with van der Waals surface area (Å²) < 4.78 is 52.5. The number of aromatic nitrogens is 6. The van der Waals surface area contributed by atoms with Crippen molar-refractivity contribution in [2.75, 3.05) is 0 Å². The average molecular weight is 1030 g/mol. The molecule has 6 heterocycles. The molecule has 0 aliphatic carbocycles. The van der Waals surface area contributed by atoms with Crippen LogP contribution in [-0.2, 0) is 55.9 Å². The quantitative estimate of drug-likeness (QED) is 0.0198. The normalized spacial score (nSPS) is 10.7. The van der Waals surface area contributed by atoms with Crippen LogP contribution in [0.5, 0.6) is 5.75 Å². The van der Waals surface area contributed by atoms with Crippen molar-refractivity contribution in [2.24, 2.45) is 0 Å². The van der Waals surface area contributed by atoms with Crippen LogP contribution >= 0.6 is 23.6 Å². The number of alkyl halides is 3. The molecule has 0 saturated carbocycles. The van der Waals surface area contributed by atoms with Gasteiger partial charge in [-0.2, -0.15) is 18.3 Å². The van der Waals surface area contributed by atoms with Crippen LogP contribution in [0.1, 0.15) is 55.0 Å². The molecule has 13 nitrogen and oxygen atoms in total. The van der Waals surface area contributed by atoms with Gasteiger partial charge in [-0.15, -0.1) is 11.3 Å². The Morgan fingerprint density at radius 3 is 1.93 bits per heavy atom. The standard InChI is InChI=1S/C28H19N3O6.C19H19F3N3S.CNS.Ru/c32-17-35-10-6-20-4-8-29-25(12-20)27-15-23(22-2-1-3-24(14-22)37-19-34)16-28(31-27)26-13-21(5-9-30-26)7-11-36-18-33;1-2-3-4-5-6-13-8-10-26-18(13)14-7-9-23-15(11-14)16-12-17(25-24-16)19(20,21)22;2-1-3;/h1-19H;7-12H,2-6H2,1H3;;/q;2*-1;+2/b10-6+,11-7+;;;. The van der Waals surface area contributed by atoms with Gasteiger partial charge in [0.25, 0.3) is 19.4 Å². The van der Waals surface area contributed by atoms with Crippen molar-refractivity contribution in [2.45, 2.75) is 45.2 Å².